The van der Waals surface area contributed by atoms with E-state index in [1.165, 1.54) is 35.6 Å². The fourth-order valence-electron chi connectivity index (χ4n) is 3.12. The number of benzene rings is 1. The number of carbonyl (C=O) groups excluding carboxylic acids is 2. The zero-order valence-corrected chi connectivity index (χ0v) is 15.7. The van der Waals surface area contributed by atoms with E-state index in [2.05, 4.69) is 20.8 Å². The first-order valence-corrected chi connectivity index (χ1v) is 9.58. The molecule has 27 heavy (non-hydrogen) atoms. The van der Waals surface area contributed by atoms with Gasteiger partial charge < -0.3 is 20.8 Å². The molecule has 8 nitrogen and oxygen atoms in total. The van der Waals surface area contributed by atoms with Crippen molar-refractivity contribution in [2.75, 3.05) is 6.54 Å². The monoisotopic (exact) mass is 390 g/mol. The summed E-state index contributed by atoms with van der Waals surface area (Å²) >= 11 is 1.50. The summed E-state index contributed by atoms with van der Waals surface area (Å²) in [5, 5.41) is 34.8. The Kier molecular flexibility index (Phi) is 6.02. The van der Waals surface area contributed by atoms with E-state index in [-0.39, 0.29) is 23.5 Å². The third kappa shape index (κ3) is 5.01. The van der Waals surface area contributed by atoms with Gasteiger partial charge in [-0.25, -0.2) is 0 Å². The molecule has 1 fully saturated rings. The standard InChI is InChI=1S/C18H22N4O4S/c1-10-21-22-16(27-10)6-7-19-17(25)12-8-14(15(24)9-12)20-18(26)11-2-4-13(23)5-3-11/h2-5,12,14-15,23-24H,6-9H2,1H3,(H,19,25)(H,20,26)/t12-,14+,15+/m0/s1. The smallest absolute Gasteiger partial charge is 0.251 e. The molecular weight excluding hydrogens is 368 g/mol. The minimum atomic E-state index is -0.771. The number of rotatable bonds is 6. The molecular formula is C18H22N4O4S. The predicted molar refractivity (Wildman–Crippen MR) is 99.5 cm³/mol. The Bertz CT molecular complexity index is 808. The van der Waals surface area contributed by atoms with Crippen LogP contribution in [0, 0.1) is 12.8 Å². The lowest BCUT2D eigenvalue weighted by Crippen LogP contribution is -2.40. The highest BCUT2D eigenvalue weighted by atomic mass is 32.1. The number of hydrogen-bond acceptors (Lipinski definition) is 7. The van der Waals surface area contributed by atoms with Crippen LogP contribution in [0.2, 0.25) is 0 Å². The maximum absolute atomic E-state index is 12.3. The number of nitrogens with one attached hydrogen (secondary N) is 2. The molecule has 3 rings (SSSR count). The first-order valence-electron chi connectivity index (χ1n) is 8.77. The first kappa shape index (κ1) is 19.2. The van der Waals surface area contributed by atoms with Crippen LogP contribution >= 0.6 is 11.3 Å². The van der Waals surface area contributed by atoms with Crippen LogP contribution in [0.4, 0.5) is 0 Å². The van der Waals surface area contributed by atoms with E-state index in [1.807, 2.05) is 6.92 Å². The summed E-state index contributed by atoms with van der Waals surface area (Å²) in [4.78, 5) is 24.6. The Labute approximate surface area is 160 Å². The van der Waals surface area contributed by atoms with Gasteiger partial charge in [-0.1, -0.05) is 0 Å². The second kappa shape index (κ2) is 8.45. The van der Waals surface area contributed by atoms with Crippen LogP contribution in [-0.4, -0.2) is 50.9 Å². The molecule has 1 aliphatic rings. The van der Waals surface area contributed by atoms with Crippen molar-refractivity contribution in [3.8, 4) is 5.75 Å². The lowest BCUT2D eigenvalue weighted by molar-refractivity contribution is -0.125. The molecule has 0 radical (unpaired) electrons. The Morgan fingerprint density at radius 2 is 1.96 bits per heavy atom. The molecule has 2 amide bonds. The van der Waals surface area contributed by atoms with Crippen LogP contribution in [0.1, 0.15) is 33.2 Å². The minimum Gasteiger partial charge on any atom is -0.508 e. The SMILES string of the molecule is Cc1nnc(CCNC(=O)[C@@H]2C[C@@H](O)[C@H](NC(=O)c3ccc(O)cc3)C2)s1. The average molecular weight is 390 g/mol. The lowest BCUT2D eigenvalue weighted by Gasteiger charge is -2.16. The molecule has 9 heteroatoms. The molecule has 1 heterocycles. The van der Waals surface area contributed by atoms with Crippen molar-refractivity contribution in [2.24, 2.45) is 5.92 Å². The molecule has 2 aromatic rings. The number of phenols is 1. The molecule has 0 aliphatic heterocycles. The second-order valence-electron chi connectivity index (χ2n) is 6.62. The highest BCUT2D eigenvalue weighted by molar-refractivity contribution is 7.11. The lowest BCUT2D eigenvalue weighted by atomic mass is 10.1. The van der Waals surface area contributed by atoms with E-state index in [9.17, 15) is 19.8 Å². The molecule has 1 aromatic carbocycles. The van der Waals surface area contributed by atoms with Gasteiger partial charge in [0.05, 0.1) is 12.1 Å². The molecule has 0 saturated heterocycles. The van der Waals surface area contributed by atoms with Crippen LogP contribution < -0.4 is 10.6 Å². The number of nitrogens with zero attached hydrogens (tertiary/aromatic N) is 2. The summed E-state index contributed by atoms with van der Waals surface area (Å²) in [6, 6.07) is 5.38. The summed E-state index contributed by atoms with van der Waals surface area (Å²) in [5.41, 5.74) is 0.389. The number of aryl methyl sites for hydroxylation is 1. The fraction of sp³-hybridized carbons (Fsp3) is 0.444. The van der Waals surface area contributed by atoms with Gasteiger partial charge in [-0.2, -0.15) is 0 Å². The molecule has 4 N–H and O–H groups in total. The third-order valence-corrected chi connectivity index (χ3v) is 5.45. The van der Waals surface area contributed by atoms with Crippen molar-refractivity contribution in [3.05, 3.63) is 39.8 Å². The van der Waals surface area contributed by atoms with E-state index >= 15 is 0 Å². The Hall–Kier alpha value is -2.52. The van der Waals surface area contributed by atoms with Crippen molar-refractivity contribution in [3.63, 3.8) is 0 Å². The van der Waals surface area contributed by atoms with E-state index in [4.69, 9.17) is 0 Å². The summed E-state index contributed by atoms with van der Waals surface area (Å²) in [6.45, 7) is 2.34. The van der Waals surface area contributed by atoms with Crippen LogP contribution in [-0.2, 0) is 11.2 Å². The average Bonchev–Trinajstić information content (AvgIpc) is 3.21. The van der Waals surface area contributed by atoms with Gasteiger partial charge in [0.15, 0.2) is 0 Å². The highest BCUT2D eigenvalue weighted by Gasteiger charge is 2.37. The van der Waals surface area contributed by atoms with Gasteiger partial charge >= 0.3 is 0 Å². The van der Waals surface area contributed by atoms with E-state index in [0.717, 1.165) is 10.0 Å². The largest absolute Gasteiger partial charge is 0.508 e. The van der Waals surface area contributed by atoms with Crippen LogP contribution in [0.15, 0.2) is 24.3 Å². The van der Waals surface area contributed by atoms with Crippen LogP contribution in [0.25, 0.3) is 0 Å². The molecule has 144 valence electrons. The summed E-state index contributed by atoms with van der Waals surface area (Å²) in [6.07, 6.45) is 0.541. The van der Waals surface area contributed by atoms with E-state index in [0.29, 0.717) is 31.4 Å². The number of aliphatic hydroxyl groups is 1. The van der Waals surface area contributed by atoms with Crippen molar-refractivity contribution < 1.29 is 19.8 Å². The fourth-order valence-corrected chi connectivity index (χ4v) is 3.83. The summed E-state index contributed by atoms with van der Waals surface area (Å²) in [7, 11) is 0. The number of carbonyl (C=O) groups is 2. The van der Waals surface area contributed by atoms with Crippen LogP contribution in [0.3, 0.4) is 0 Å². The zero-order chi connectivity index (χ0) is 19.4. The Morgan fingerprint density at radius 3 is 2.63 bits per heavy atom. The van der Waals surface area contributed by atoms with Gasteiger partial charge in [0.2, 0.25) is 5.91 Å². The maximum Gasteiger partial charge on any atom is 0.251 e. The van der Waals surface area contributed by atoms with Gasteiger partial charge in [-0.15, -0.1) is 21.5 Å². The topological polar surface area (TPSA) is 124 Å². The Balaban J connectivity index is 1.47. The molecule has 1 aromatic heterocycles. The maximum atomic E-state index is 12.3. The highest BCUT2D eigenvalue weighted by Crippen LogP contribution is 2.26. The van der Waals surface area contributed by atoms with Crippen molar-refractivity contribution >= 4 is 23.2 Å². The third-order valence-electron chi connectivity index (χ3n) is 4.55. The van der Waals surface area contributed by atoms with Gasteiger partial charge in [-0.05, 0) is 44.0 Å². The predicted octanol–water partition coefficient (Wildman–Crippen LogP) is 0.780. The molecule has 0 unspecified atom stereocenters. The minimum absolute atomic E-state index is 0.0767. The van der Waals surface area contributed by atoms with Crippen molar-refractivity contribution in [1.82, 2.24) is 20.8 Å². The van der Waals surface area contributed by atoms with E-state index < -0.39 is 12.1 Å². The van der Waals surface area contributed by atoms with Crippen molar-refractivity contribution in [2.45, 2.75) is 38.3 Å². The summed E-state index contributed by atoms with van der Waals surface area (Å²) < 4.78 is 0. The molecule has 1 saturated carbocycles. The normalized spacial score (nSPS) is 21.8. The number of phenolic OH excluding ortho intramolecular Hbond substituents is 1. The number of amides is 2. The number of hydrogen-bond donors (Lipinski definition) is 4. The number of aliphatic hydroxyl groups excluding tert-OH is 1. The zero-order valence-electron chi connectivity index (χ0n) is 14.9. The molecule has 0 spiro atoms. The van der Waals surface area contributed by atoms with Gasteiger partial charge in [-0.3, -0.25) is 9.59 Å². The molecule has 3 atom stereocenters. The quantitative estimate of drug-likeness (QED) is 0.578. The molecule has 1 aliphatic carbocycles. The van der Waals surface area contributed by atoms with Gasteiger partial charge in [0, 0.05) is 24.4 Å². The van der Waals surface area contributed by atoms with Crippen molar-refractivity contribution in [1.29, 1.82) is 0 Å². The first-order chi connectivity index (χ1) is 12.9. The van der Waals surface area contributed by atoms with Crippen LogP contribution in [0.5, 0.6) is 5.75 Å². The molecule has 0 bridgehead atoms. The summed E-state index contributed by atoms with van der Waals surface area (Å²) in [5.74, 6) is -0.738. The van der Waals surface area contributed by atoms with Gasteiger partial charge in [0.25, 0.3) is 5.91 Å². The van der Waals surface area contributed by atoms with E-state index in [1.54, 1.807) is 0 Å². The Morgan fingerprint density at radius 1 is 1.22 bits per heavy atom. The number of aromatic nitrogens is 2. The van der Waals surface area contributed by atoms with Gasteiger partial charge in [0.1, 0.15) is 15.8 Å². The number of aromatic hydroxyl groups is 1. The second-order valence-corrected chi connectivity index (χ2v) is 7.88.